The first kappa shape index (κ1) is 27.2. The number of carbonyl (C=O) groups is 2. The predicted octanol–water partition coefficient (Wildman–Crippen LogP) is 4.56. The summed E-state index contributed by atoms with van der Waals surface area (Å²) in [4.78, 5) is 23.3. The summed E-state index contributed by atoms with van der Waals surface area (Å²) in [5, 5.41) is 16.5. The number of rotatable bonds is 3. The van der Waals surface area contributed by atoms with E-state index in [9.17, 15) is 9.59 Å². The number of carbonyl (C=O) groups excluding carboxylic acids is 2. The van der Waals surface area contributed by atoms with E-state index in [-0.39, 0.29) is 24.8 Å². The van der Waals surface area contributed by atoms with E-state index in [0.717, 1.165) is 0 Å². The summed E-state index contributed by atoms with van der Waals surface area (Å²) in [6, 6.07) is 11.0. The van der Waals surface area contributed by atoms with E-state index in [0.29, 0.717) is 34.4 Å². The molecule has 1 heterocycles. The third-order valence-corrected chi connectivity index (χ3v) is 6.90. The van der Waals surface area contributed by atoms with Crippen LogP contribution >= 0.6 is 48.0 Å². The van der Waals surface area contributed by atoms with Gasteiger partial charge in [0, 0.05) is 0 Å². The smallest absolute Gasteiger partial charge is 0.147 e. The fraction of sp³-hybridized carbons (Fsp3) is 0.0588. The summed E-state index contributed by atoms with van der Waals surface area (Å²) in [5.74, 6) is 0.536. The molecule has 0 unspecified atom stereocenters. The van der Waals surface area contributed by atoms with E-state index in [2.05, 4.69) is 30.9 Å². The van der Waals surface area contributed by atoms with Gasteiger partial charge in [0.05, 0.1) is 0 Å². The minimum atomic E-state index is -1.63. The van der Waals surface area contributed by atoms with Crippen molar-refractivity contribution in [2.45, 2.75) is 0 Å². The number of benzene rings is 2. The van der Waals surface area contributed by atoms with E-state index in [4.69, 9.17) is 27.9 Å². The number of alkyl carbamates (subject to hydrolysis) is 1. The molecule has 1 radical (unpaired) electrons. The van der Waals surface area contributed by atoms with Crippen LogP contribution in [0.5, 0.6) is 5.75 Å². The molecule has 0 fully saturated rings. The summed E-state index contributed by atoms with van der Waals surface area (Å²) >= 11 is 10.3. The van der Waals surface area contributed by atoms with Crippen LogP contribution in [0.3, 0.4) is 0 Å². The van der Waals surface area contributed by atoms with Crippen molar-refractivity contribution in [3.05, 3.63) is 52.5 Å². The van der Waals surface area contributed by atoms with E-state index in [1.165, 1.54) is 7.11 Å². The molecular weight excluding hydrogens is 595 g/mol. The Hall–Kier alpha value is -1.85. The molecule has 14 heteroatoms. The van der Waals surface area contributed by atoms with Gasteiger partial charge in [0.2, 0.25) is 0 Å². The molecule has 0 saturated carbocycles. The van der Waals surface area contributed by atoms with Gasteiger partial charge in [-0.05, 0) is 6.07 Å². The van der Waals surface area contributed by atoms with Crippen LogP contribution in [-0.4, -0.2) is 49.4 Å². The maximum Gasteiger partial charge on any atom is -0.147 e. The quantitative estimate of drug-likeness (QED) is 0.474. The van der Waals surface area contributed by atoms with Crippen LogP contribution in [0.25, 0.3) is 0 Å². The number of amidine groups is 1. The van der Waals surface area contributed by atoms with Crippen molar-refractivity contribution in [2.24, 2.45) is 10.2 Å². The zero-order valence-electron chi connectivity index (χ0n) is 15.7. The average molecular weight is 610 g/mol. The molecular formula is C17H15Cl4InN5O4. The Morgan fingerprint density at radius 2 is 1.68 bits per heavy atom. The summed E-state index contributed by atoms with van der Waals surface area (Å²) in [6.45, 7) is 0. The number of hydrogen-bond donors (Lipinski definition) is 3. The van der Waals surface area contributed by atoms with Crippen molar-refractivity contribution in [3.63, 3.8) is 0 Å². The summed E-state index contributed by atoms with van der Waals surface area (Å²) in [6.07, 6.45) is -0.584. The number of anilines is 2. The first-order valence-corrected chi connectivity index (χ1v) is 12.1. The SMILES string of the molecule is COC(=O)N[C]1=NN=[C](Oc2ccc(NC(=O)Nc3cc(Cl)ccc3Cl)cc2)[In]1.Cl.Cl. The van der Waals surface area contributed by atoms with Crippen LogP contribution in [0.1, 0.15) is 0 Å². The van der Waals surface area contributed by atoms with Crippen molar-refractivity contribution in [1.82, 2.24) is 5.32 Å². The van der Waals surface area contributed by atoms with Crippen LogP contribution in [-0.2, 0) is 4.74 Å². The summed E-state index contributed by atoms with van der Waals surface area (Å²) < 4.78 is 11.2. The van der Waals surface area contributed by atoms with Crippen molar-refractivity contribution < 1.29 is 19.1 Å². The second-order valence-corrected chi connectivity index (χ2v) is 10.2. The number of halogens is 4. The van der Waals surface area contributed by atoms with E-state index >= 15 is 0 Å². The minimum absolute atomic E-state index is 0. The fourth-order valence-electron chi connectivity index (χ4n) is 2.15. The normalized spacial score (nSPS) is 11.5. The van der Waals surface area contributed by atoms with Gasteiger partial charge in [-0.25, -0.2) is 0 Å². The number of methoxy groups -OCH3 is 1. The Balaban J connectivity index is 0.00000240. The zero-order valence-corrected chi connectivity index (χ0v) is 22.2. The number of ether oxygens (including phenoxy) is 2. The van der Waals surface area contributed by atoms with Gasteiger partial charge < -0.3 is 0 Å². The molecule has 0 saturated heterocycles. The van der Waals surface area contributed by atoms with Crippen LogP contribution in [0.4, 0.5) is 21.0 Å². The van der Waals surface area contributed by atoms with Gasteiger partial charge in [0.25, 0.3) is 0 Å². The number of nitrogens with zero attached hydrogens (tertiary/aromatic N) is 2. The largest absolute Gasteiger partial charge is 0.147 e. The van der Waals surface area contributed by atoms with Gasteiger partial charge in [-0.2, -0.15) is 0 Å². The molecule has 0 atom stereocenters. The molecule has 1 aliphatic rings. The Morgan fingerprint density at radius 1 is 0.968 bits per heavy atom. The molecule has 163 valence electrons. The summed E-state index contributed by atoms with van der Waals surface area (Å²) in [7, 11) is 1.27. The van der Waals surface area contributed by atoms with E-state index in [1.807, 2.05) is 0 Å². The summed E-state index contributed by atoms with van der Waals surface area (Å²) in [5.41, 5.74) is 0.950. The average Bonchev–Trinajstić information content (AvgIpc) is 3.13. The monoisotopic (exact) mass is 608 g/mol. The van der Waals surface area contributed by atoms with Crippen molar-refractivity contribution >= 4 is 102 Å². The number of amides is 3. The molecule has 3 rings (SSSR count). The number of nitrogens with one attached hydrogen (secondary N) is 3. The standard InChI is InChI=1S/C17H13Cl2N5O4.2ClH.In/c1-27-17(26)20-9-21-22-10-28-13-5-3-12(4-6-13)23-16(25)24-15-8-11(18)2-7-14(15)19;;;/h2-8H,1H3,(H,20,21,26)(H2,23,24,25);2*1H;. The molecule has 0 aromatic heterocycles. The van der Waals surface area contributed by atoms with E-state index < -0.39 is 35.0 Å². The fourth-order valence-corrected chi connectivity index (χ4v) is 4.91. The maximum absolute atomic E-state index is 12.1. The molecule has 1 aliphatic heterocycles. The molecule has 0 aliphatic carbocycles. The Morgan fingerprint density at radius 3 is 2.35 bits per heavy atom. The Bertz CT molecular complexity index is 1000. The molecule has 2 aromatic rings. The van der Waals surface area contributed by atoms with E-state index in [1.54, 1.807) is 42.5 Å². The van der Waals surface area contributed by atoms with Gasteiger partial charge in [-0.15, -0.1) is 24.8 Å². The second kappa shape index (κ2) is 12.9. The number of urea groups is 1. The van der Waals surface area contributed by atoms with Crippen LogP contribution in [0, 0.1) is 0 Å². The van der Waals surface area contributed by atoms with Gasteiger partial charge in [-0.1, -0.05) is 11.6 Å². The predicted molar refractivity (Wildman–Crippen MR) is 127 cm³/mol. The van der Waals surface area contributed by atoms with Gasteiger partial charge in [0.1, 0.15) is 0 Å². The second-order valence-electron chi connectivity index (χ2n) is 5.51. The zero-order chi connectivity index (χ0) is 20.8. The molecule has 3 amide bonds. The molecule has 0 bridgehead atoms. The molecule has 2 aromatic carbocycles. The van der Waals surface area contributed by atoms with Crippen molar-refractivity contribution in [3.8, 4) is 5.75 Å². The first-order chi connectivity index (χ1) is 13.9. The maximum atomic E-state index is 12.1. The number of hydrogen-bond acceptors (Lipinski definition) is 6. The van der Waals surface area contributed by atoms with Crippen LogP contribution in [0.15, 0.2) is 52.7 Å². The van der Waals surface area contributed by atoms with Crippen molar-refractivity contribution in [2.75, 3.05) is 17.7 Å². The Kier molecular flexibility index (Phi) is 11.3. The topological polar surface area (TPSA) is 113 Å². The molecule has 0 spiro atoms. The third-order valence-electron chi connectivity index (χ3n) is 3.44. The minimum Gasteiger partial charge on any atom is -0.147 e. The molecule has 31 heavy (non-hydrogen) atoms. The van der Waals surface area contributed by atoms with Crippen LogP contribution in [0.2, 0.25) is 10.0 Å². The van der Waals surface area contributed by atoms with Crippen molar-refractivity contribution in [1.29, 1.82) is 0 Å². The Labute approximate surface area is 211 Å². The molecule has 3 N–H and O–H groups in total. The van der Waals surface area contributed by atoms with Gasteiger partial charge in [0.15, 0.2) is 0 Å². The first-order valence-electron chi connectivity index (χ1n) is 8.09. The molecule has 9 nitrogen and oxygen atoms in total. The van der Waals surface area contributed by atoms with Crippen LogP contribution < -0.4 is 20.7 Å². The third kappa shape index (κ3) is 8.30. The van der Waals surface area contributed by atoms with Gasteiger partial charge in [-0.3, -0.25) is 0 Å². The van der Waals surface area contributed by atoms with Gasteiger partial charge >= 0.3 is 170 Å².